The van der Waals surface area contributed by atoms with Crippen molar-refractivity contribution in [1.29, 1.82) is 0 Å². The number of halogens is 1. The van der Waals surface area contributed by atoms with Crippen LogP contribution in [0.2, 0.25) is 5.02 Å². The highest BCUT2D eigenvalue weighted by atomic mass is 35.5. The van der Waals surface area contributed by atoms with Crippen molar-refractivity contribution in [3.8, 4) is 11.5 Å². The molecule has 2 N–H and O–H groups in total. The van der Waals surface area contributed by atoms with Crippen LogP contribution in [0.15, 0.2) is 42.5 Å². The molecule has 0 atom stereocenters. The lowest BCUT2D eigenvalue weighted by molar-refractivity contribution is -0.111. The van der Waals surface area contributed by atoms with E-state index < -0.39 is 0 Å². The third-order valence-corrected chi connectivity index (χ3v) is 4.16. The van der Waals surface area contributed by atoms with E-state index in [1.807, 2.05) is 13.8 Å². The first kappa shape index (κ1) is 19.8. The third-order valence-electron chi connectivity index (χ3n) is 3.88. The van der Waals surface area contributed by atoms with Gasteiger partial charge in [-0.25, -0.2) is 0 Å². The van der Waals surface area contributed by atoms with Crippen molar-refractivity contribution < 1.29 is 19.1 Å². The Hall–Kier alpha value is -2.99. The van der Waals surface area contributed by atoms with Gasteiger partial charge in [0.05, 0.1) is 5.02 Å². The molecule has 28 heavy (non-hydrogen) atoms. The molecule has 0 spiro atoms. The molecule has 1 heterocycles. The number of carbonyl (C=O) groups excluding carboxylic acids is 2. The summed E-state index contributed by atoms with van der Waals surface area (Å²) >= 11 is 6.19. The lowest BCUT2D eigenvalue weighted by Crippen LogP contribution is -2.29. The number of benzene rings is 2. The molecule has 1 aliphatic rings. The van der Waals surface area contributed by atoms with Crippen molar-refractivity contribution in [2.24, 2.45) is 0 Å². The number of nitrogens with one attached hydrogen (secondary N) is 2. The van der Waals surface area contributed by atoms with Gasteiger partial charge in [-0.1, -0.05) is 11.6 Å². The van der Waals surface area contributed by atoms with E-state index in [0.29, 0.717) is 41.0 Å². The van der Waals surface area contributed by atoms with Crippen LogP contribution in [-0.2, 0) is 4.79 Å². The predicted molar refractivity (Wildman–Crippen MR) is 109 cm³/mol. The third kappa shape index (κ3) is 5.04. The number of carbonyl (C=O) groups is 2. The summed E-state index contributed by atoms with van der Waals surface area (Å²) in [6.07, 6.45) is 3.05. The topological polar surface area (TPSA) is 76.7 Å². The number of hydrogen-bond donors (Lipinski definition) is 2. The monoisotopic (exact) mass is 400 g/mol. The second-order valence-corrected chi connectivity index (χ2v) is 6.96. The molecule has 0 radical (unpaired) electrons. The summed E-state index contributed by atoms with van der Waals surface area (Å²) < 4.78 is 11.0. The smallest absolute Gasteiger partial charge is 0.251 e. The van der Waals surface area contributed by atoms with E-state index in [2.05, 4.69) is 10.6 Å². The molecule has 3 rings (SSSR count). The fourth-order valence-corrected chi connectivity index (χ4v) is 2.91. The maximum absolute atomic E-state index is 12.2. The molecular formula is C21H21ClN2O4. The summed E-state index contributed by atoms with van der Waals surface area (Å²) in [6.45, 7) is 4.71. The first-order valence-electron chi connectivity index (χ1n) is 8.91. The van der Waals surface area contributed by atoms with Crippen molar-refractivity contribution in [3.05, 3.63) is 58.6 Å². The van der Waals surface area contributed by atoms with Crippen LogP contribution in [0.25, 0.3) is 6.08 Å². The maximum atomic E-state index is 12.2. The first-order chi connectivity index (χ1) is 13.4. The Morgan fingerprint density at radius 1 is 1.11 bits per heavy atom. The van der Waals surface area contributed by atoms with Crippen molar-refractivity contribution >= 4 is 35.2 Å². The van der Waals surface area contributed by atoms with E-state index in [0.717, 1.165) is 5.56 Å². The molecule has 0 saturated carbocycles. The molecule has 0 fully saturated rings. The largest absolute Gasteiger partial charge is 0.486 e. The molecule has 7 heteroatoms. The molecule has 0 bridgehead atoms. The summed E-state index contributed by atoms with van der Waals surface area (Å²) in [7, 11) is 0. The van der Waals surface area contributed by atoms with Gasteiger partial charge < -0.3 is 20.1 Å². The number of ether oxygens (including phenoxy) is 2. The highest BCUT2D eigenvalue weighted by Gasteiger charge is 2.16. The second kappa shape index (κ2) is 8.80. The Labute approximate surface area is 168 Å². The van der Waals surface area contributed by atoms with Gasteiger partial charge >= 0.3 is 0 Å². The molecule has 2 amide bonds. The molecule has 0 saturated heterocycles. The molecule has 6 nitrogen and oxygen atoms in total. The van der Waals surface area contributed by atoms with E-state index in [-0.39, 0.29) is 17.9 Å². The zero-order chi connectivity index (χ0) is 20.1. The Kier molecular flexibility index (Phi) is 6.21. The molecule has 0 aromatic heterocycles. The molecule has 1 aliphatic heterocycles. The first-order valence-corrected chi connectivity index (χ1v) is 9.29. The average Bonchev–Trinajstić information content (AvgIpc) is 2.66. The van der Waals surface area contributed by atoms with Crippen LogP contribution in [-0.4, -0.2) is 31.1 Å². The second-order valence-electron chi connectivity index (χ2n) is 6.56. The summed E-state index contributed by atoms with van der Waals surface area (Å²) in [5, 5.41) is 6.00. The van der Waals surface area contributed by atoms with Gasteiger partial charge in [-0.2, -0.15) is 0 Å². The average molecular weight is 401 g/mol. The number of anilines is 1. The van der Waals surface area contributed by atoms with E-state index in [9.17, 15) is 9.59 Å². The molecule has 0 aliphatic carbocycles. The van der Waals surface area contributed by atoms with E-state index in [1.165, 1.54) is 6.08 Å². The van der Waals surface area contributed by atoms with Crippen LogP contribution in [0.1, 0.15) is 29.8 Å². The van der Waals surface area contributed by atoms with Crippen molar-refractivity contribution in [2.75, 3.05) is 18.5 Å². The zero-order valence-corrected chi connectivity index (χ0v) is 16.4. The van der Waals surface area contributed by atoms with Crippen LogP contribution in [0.3, 0.4) is 0 Å². The highest BCUT2D eigenvalue weighted by molar-refractivity contribution is 6.32. The van der Waals surface area contributed by atoms with Gasteiger partial charge in [-0.3, -0.25) is 9.59 Å². The number of fused-ring (bicyclic) bond motifs is 1. The normalized spacial score (nSPS) is 12.9. The standard InChI is InChI=1S/C21H21ClN2O4/c1-13(2)23-21(26)15-4-6-16(7-5-15)24-19(25)8-3-14-11-17(22)20-18(12-14)27-9-10-28-20/h3-8,11-13H,9-10H2,1-2H3,(H,23,26)(H,24,25)/b8-3+. The number of hydrogen-bond acceptors (Lipinski definition) is 4. The minimum atomic E-state index is -0.301. The summed E-state index contributed by atoms with van der Waals surface area (Å²) in [5.41, 5.74) is 1.86. The van der Waals surface area contributed by atoms with E-state index in [1.54, 1.807) is 42.5 Å². The molecule has 146 valence electrons. The van der Waals surface area contributed by atoms with Gasteiger partial charge in [0.1, 0.15) is 13.2 Å². The maximum Gasteiger partial charge on any atom is 0.251 e. The number of amides is 2. The van der Waals surface area contributed by atoms with E-state index in [4.69, 9.17) is 21.1 Å². The molecule has 2 aromatic rings. The fourth-order valence-electron chi connectivity index (χ4n) is 2.63. The van der Waals surface area contributed by atoms with Gasteiger partial charge in [0.2, 0.25) is 5.91 Å². The SMILES string of the molecule is CC(C)NC(=O)c1ccc(NC(=O)/C=C/c2cc(Cl)c3c(c2)OCCO3)cc1. The minimum absolute atomic E-state index is 0.0612. The predicted octanol–water partition coefficient (Wildman–Crippen LogP) is 3.90. The van der Waals surface area contributed by atoms with Crippen molar-refractivity contribution in [1.82, 2.24) is 5.32 Å². The molecule has 0 unspecified atom stereocenters. The van der Waals surface area contributed by atoms with Gasteiger partial charge in [0, 0.05) is 23.4 Å². The van der Waals surface area contributed by atoms with Crippen LogP contribution >= 0.6 is 11.6 Å². The Bertz CT molecular complexity index is 907. The van der Waals surface area contributed by atoms with Crippen LogP contribution < -0.4 is 20.1 Å². The number of rotatable bonds is 5. The van der Waals surface area contributed by atoms with Gasteiger partial charge in [0.25, 0.3) is 5.91 Å². The van der Waals surface area contributed by atoms with Gasteiger partial charge in [-0.15, -0.1) is 0 Å². The van der Waals surface area contributed by atoms with Gasteiger partial charge in [0.15, 0.2) is 11.5 Å². The lowest BCUT2D eigenvalue weighted by atomic mass is 10.1. The Morgan fingerprint density at radius 3 is 2.54 bits per heavy atom. The Balaban J connectivity index is 1.62. The van der Waals surface area contributed by atoms with Crippen LogP contribution in [0, 0.1) is 0 Å². The minimum Gasteiger partial charge on any atom is -0.486 e. The molecule has 2 aromatic carbocycles. The van der Waals surface area contributed by atoms with Crippen LogP contribution in [0.4, 0.5) is 5.69 Å². The van der Waals surface area contributed by atoms with Gasteiger partial charge in [-0.05, 0) is 61.9 Å². The molecular weight excluding hydrogens is 380 g/mol. The summed E-state index contributed by atoms with van der Waals surface area (Å²) in [5.74, 6) is 0.638. The summed E-state index contributed by atoms with van der Waals surface area (Å²) in [6, 6.07) is 10.2. The van der Waals surface area contributed by atoms with Crippen molar-refractivity contribution in [3.63, 3.8) is 0 Å². The van der Waals surface area contributed by atoms with Crippen molar-refractivity contribution in [2.45, 2.75) is 19.9 Å². The summed E-state index contributed by atoms with van der Waals surface area (Å²) in [4.78, 5) is 24.1. The Morgan fingerprint density at radius 2 is 1.82 bits per heavy atom. The zero-order valence-electron chi connectivity index (χ0n) is 15.6. The fraction of sp³-hybridized carbons (Fsp3) is 0.238. The van der Waals surface area contributed by atoms with Crippen LogP contribution in [0.5, 0.6) is 11.5 Å². The quantitative estimate of drug-likeness (QED) is 0.746. The lowest BCUT2D eigenvalue weighted by Gasteiger charge is -2.19. The van der Waals surface area contributed by atoms with E-state index >= 15 is 0 Å². The highest BCUT2D eigenvalue weighted by Crippen LogP contribution is 2.38.